The number of nitrogens with one attached hydrogen (secondary N) is 1. The lowest BCUT2D eigenvalue weighted by Crippen LogP contribution is -2.43. The zero-order valence-corrected chi connectivity index (χ0v) is 18.6. The van der Waals surface area contributed by atoms with Gasteiger partial charge < -0.3 is 10.2 Å². The van der Waals surface area contributed by atoms with Crippen molar-refractivity contribution in [3.63, 3.8) is 0 Å². The van der Waals surface area contributed by atoms with Gasteiger partial charge in [-0.25, -0.2) is 4.98 Å². The maximum atomic E-state index is 12.4. The third-order valence-corrected chi connectivity index (χ3v) is 4.96. The molecule has 1 N–H and O–H groups in total. The second-order valence-corrected chi connectivity index (χ2v) is 7.06. The van der Waals surface area contributed by atoms with Crippen molar-refractivity contribution < 1.29 is 9.59 Å². The van der Waals surface area contributed by atoms with E-state index >= 15 is 0 Å². The number of fused-ring (bicyclic) bond motifs is 1. The number of nitrogens with zero attached hydrogens (tertiary/aromatic N) is 4. The van der Waals surface area contributed by atoms with Crippen LogP contribution in [0.1, 0.15) is 31.4 Å². The van der Waals surface area contributed by atoms with Crippen molar-refractivity contribution in [2.45, 2.75) is 13.5 Å². The fourth-order valence-electron chi connectivity index (χ4n) is 2.91. The van der Waals surface area contributed by atoms with Crippen LogP contribution in [0.3, 0.4) is 0 Å². The van der Waals surface area contributed by atoms with Crippen LogP contribution in [0.25, 0.3) is 0 Å². The number of rotatable bonds is 5. The standard InChI is InChI=1S/C18H21N5O2S.HI/c1-12-21-13(11-26-12)10-22(3)18(19-2)20-8-9-23-16(24)14-6-4-5-7-15(14)17(23)25;/h4-7,11H,8-10H2,1-3H3,(H,19,20);1H. The molecule has 2 aromatic rings. The molecule has 1 aliphatic heterocycles. The van der Waals surface area contributed by atoms with E-state index in [-0.39, 0.29) is 42.3 Å². The summed E-state index contributed by atoms with van der Waals surface area (Å²) in [5.41, 5.74) is 1.93. The van der Waals surface area contributed by atoms with E-state index in [1.807, 2.05) is 24.3 Å². The summed E-state index contributed by atoms with van der Waals surface area (Å²) in [5.74, 6) is 0.203. The number of carbonyl (C=O) groups excluding carboxylic acids is 2. The van der Waals surface area contributed by atoms with Crippen LogP contribution in [0.5, 0.6) is 0 Å². The Labute approximate surface area is 179 Å². The average molecular weight is 499 g/mol. The van der Waals surface area contributed by atoms with E-state index in [1.165, 1.54) is 4.90 Å². The Morgan fingerprint density at radius 2 is 1.89 bits per heavy atom. The molecule has 2 heterocycles. The van der Waals surface area contributed by atoms with Crippen LogP contribution in [-0.2, 0) is 6.54 Å². The van der Waals surface area contributed by atoms with Crippen LogP contribution in [0.4, 0.5) is 0 Å². The molecule has 0 bridgehead atoms. The van der Waals surface area contributed by atoms with E-state index in [2.05, 4.69) is 15.3 Å². The normalized spacial score (nSPS) is 13.4. The smallest absolute Gasteiger partial charge is 0.261 e. The molecule has 0 fully saturated rings. The van der Waals surface area contributed by atoms with Gasteiger partial charge >= 0.3 is 0 Å². The molecule has 0 saturated heterocycles. The van der Waals surface area contributed by atoms with E-state index in [4.69, 9.17) is 0 Å². The minimum atomic E-state index is -0.242. The number of aliphatic imine (C=N–C) groups is 1. The summed E-state index contributed by atoms with van der Waals surface area (Å²) >= 11 is 1.62. The lowest BCUT2D eigenvalue weighted by Gasteiger charge is -2.22. The molecule has 0 saturated carbocycles. The molecule has 1 aromatic carbocycles. The fourth-order valence-corrected chi connectivity index (χ4v) is 3.51. The highest BCUT2D eigenvalue weighted by atomic mass is 127. The lowest BCUT2D eigenvalue weighted by atomic mass is 10.1. The summed E-state index contributed by atoms with van der Waals surface area (Å²) < 4.78 is 0. The number of benzene rings is 1. The van der Waals surface area contributed by atoms with Gasteiger partial charge in [-0.2, -0.15) is 0 Å². The Bertz CT molecular complexity index is 832. The molecule has 1 aromatic heterocycles. The zero-order valence-electron chi connectivity index (χ0n) is 15.4. The first-order valence-corrected chi connectivity index (χ1v) is 9.17. The number of hydrogen-bond acceptors (Lipinski definition) is 5. The second kappa shape index (κ2) is 9.27. The average Bonchev–Trinajstić information content (AvgIpc) is 3.14. The Hall–Kier alpha value is -2.01. The third-order valence-electron chi connectivity index (χ3n) is 4.14. The van der Waals surface area contributed by atoms with Crippen LogP contribution in [0.15, 0.2) is 34.6 Å². The third kappa shape index (κ3) is 4.64. The molecule has 0 unspecified atom stereocenters. The molecule has 144 valence electrons. The van der Waals surface area contributed by atoms with Crippen LogP contribution < -0.4 is 5.32 Å². The van der Waals surface area contributed by atoms with Gasteiger partial charge in [-0.15, -0.1) is 35.3 Å². The summed E-state index contributed by atoms with van der Waals surface area (Å²) in [5, 5.41) is 6.25. The van der Waals surface area contributed by atoms with Gasteiger partial charge in [-0.3, -0.25) is 19.5 Å². The van der Waals surface area contributed by atoms with Crippen molar-refractivity contribution in [2.75, 3.05) is 27.2 Å². The first-order valence-electron chi connectivity index (χ1n) is 8.29. The topological polar surface area (TPSA) is 77.9 Å². The van der Waals surface area contributed by atoms with Crippen molar-refractivity contribution >= 4 is 53.1 Å². The number of carbonyl (C=O) groups is 2. The largest absolute Gasteiger partial charge is 0.354 e. The first kappa shape index (κ1) is 21.3. The van der Waals surface area contributed by atoms with Crippen LogP contribution in [0.2, 0.25) is 0 Å². The summed E-state index contributed by atoms with van der Waals surface area (Å²) in [7, 11) is 3.62. The van der Waals surface area contributed by atoms with Gasteiger partial charge in [0.25, 0.3) is 11.8 Å². The van der Waals surface area contributed by atoms with E-state index in [0.717, 1.165) is 10.7 Å². The number of aryl methyl sites for hydroxylation is 1. The van der Waals surface area contributed by atoms with Crippen LogP contribution in [-0.4, -0.2) is 59.7 Å². The van der Waals surface area contributed by atoms with Crippen LogP contribution >= 0.6 is 35.3 Å². The number of hydrogen-bond donors (Lipinski definition) is 1. The maximum Gasteiger partial charge on any atom is 0.261 e. The quantitative estimate of drug-likeness (QED) is 0.296. The van der Waals surface area contributed by atoms with Gasteiger partial charge in [0.1, 0.15) is 0 Å². The minimum Gasteiger partial charge on any atom is -0.354 e. The highest BCUT2D eigenvalue weighted by molar-refractivity contribution is 14.0. The number of thiazole rings is 1. The predicted molar refractivity (Wildman–Crippen MR) is 117 cm³/mol. The predicted octanol–water partition coefficient (Wildman–Crippen LogP) is 2.37. The van der Waals surface area contributed by atoms with Crippen molar-refractivity contribution in [3.8, 4) is 0 Å². The van der Waals surface area contributed by atoms with E-state index in [1.54, 1.807) is 42.6 Å². The number of aromatic nitrogens is 1. The van der Waals surface area contributed by atoms with E-state index in [9.17, 15) is 9.59 Å². The molecule has 9 heteroatoms. The van der Waals surface area contributed by atoms with Crippen molar-refractivity contribution in [1.29, 1.82) is 0 Å². The highest BCUT2D eigenvalue weighted by Gasteiger charge is 2.34. The molecule has 0 radical (unpaired) electrons. The SMILES string of the molecule is CN=C(NCCN1C(=O)c2ccccc2C1=O)N(C)Cc1csc(C)n1.I. The monoisotopic (exact) mass is 499 g/mol. The molecule has 0 spiro atoms. The van der Waals surface area contributed by atoms with Crippen molar-refractivity contribution in [2.24, 2.45) is 4.99 Å². The number of guanidine groups is 1. The van der Waals surface area contributed by atoms with E-state index < -0.39 is 0 Å². The zero-order chi connectivity index (χ0) is 18.7. The van der Waals surface area contributed by atoms with Gasteiger partial charge in [0, 0.05) is 32.6 Å². The Kier molecular flexibility index (Phi) is 7.31. The van der Waals surface area contributed by atoms with Crippen LogP contribution in [0, 0.1) is 6.92 Å². The van der Waals surface area contributed by atoms with Gasteiger partial charge in [0.15, 0.2) is 5.96 Å². The van der Waals surface area contributed by atoms with E-state index in [0.29, 0.717) is 30.2 Å². The highest BCUT2D eigenvalue weighted by Crippen LogP contribution is 2.21. The molecule has 2 amide bonds. The molecule has 0 atom stereocenters. The van der Waals surface area contributed by atoms with Gasteiger partial charge in [0.2, 0.25) is 0 Å². The minimum absolute atomic E-state index is 0. The molecule has 1 aliphatic rings. The number of halogens is 1. The Morgan fingerprint density at radius 1 is 1.26 bits per heavy atom. The summed E-state index contributed by atoms with van der Waals surface area (Å²) in [6.07, 6.45) is 0. The summed E-state index contributed by atoms with van der Waals surface area (Å²) in [4.78, 5) is 36.6. The summed E-state index contributed by atoms with van der Waals surface area (Å²) in [6.45, 7) is 3.33. The maximum absolute atomic E-state index is 12.4. The molecule has 27 heavy (non-hydrogen) atoms. The molecular formula is C18H22IN5O2S. The molecule has 0 aliphatic carbocycles. The lowest BCUT2D eigenvalue weighted by molar-refractivity contribution is 0.0657. The van der Waals surface area contributed by atoms with Gasteiger partial charge in [-0.05, 0) is 19.1 Å². The second-order valence-electron chi connectivity index (χ2n) is 6.00. The fraction of sp³-hybridized carbons (Fsp3) is 0.333. The molecule has 7 nitrogen and oxygen atoms in total. The summed E-state index contributed by atoms with van der Waals surface area (Å²) in [6, 6.07) is 6.91. The van der Waals surface area contributed by atoms with Gasteiger partial charge in [-0.1, -0.05) is 12.1 Å². The molecular weight excluding hydrogens is 477 g/mol. The Morgan fingerprint density at radius 3 is 2.41 bits per heavy atom. The number of amides is 2. The van der Waals surface area contributed by atoms with Gasteiger partial charge in [0.05, 0.1) is 28.4 Å². The van der Waals surface area contributed by atoms with Crippen molar-refractivity contribution in [3.05, 3.63) is 51.5 Å². The number of imide groups is 1. The van der Waals surface area contributed by atoms with Crippen molar-refractivity contribution in [1.82, 2.24) is 20.1 Å². The first-order chi connectivity index (χ1) is 12.5. The molecule has 3 rings (SSSR count). The Balaban J connectivity index is 0.00000261.